The van der Waals surface area contributed by atoms with Gasteiger partial charge in [-0.25, -0.2) is 0 Å². The Morgan fingerprint density at radius 3 is 2.50 bits per heavy atom. The van der Waals surface area contributed by atoms with Crippen molar-refractivity contribution in [3.8, 4) is 0 Å². The van der Waals surface area contributed by atoms with Crippen LogP contribution in [-0.4, -0.2) is 22.9 Å². The molecule has 0 aromatic rings. The summed E-state index contributed by atoms with van der Waals surface area (Å²) in [7, 11) is 0. The number of nitrogens with two attached hydrogens (primary N) is 1. The largest absolute Gasteiger partial charge is 0.480 e. The number of hydrogen-bond donors (Lipinski definition) is 2. The lowest BCUT2D eigenvalue weighted by Crippen LogP contribution is -2.32. The zero-order valence-electron chi connectivity index (χ0n) is 5.41. The molecule has 0 saturated heterocycles. The van der Waals surface area contributed by atoms with E-state index in [1.165, 1.54) is 0 Å². The molecule has 0 amide bonds. The Bertz CT molecular complexity index is 164. The highest BCUT2D eigenvalue weighted by atomic mass is 16.4. The number of carboxylic acids is 1. The molecule has 0 rings (SSSR count). The first kappa shape index (κ1) is 8.84. The van der Waals surface area contributed by atoms with E-state index in [4.69, 9.17) is 10.8 Å². The molecule has 0 aliphatic heterocycles. The zero-order chi connectivity index (χ0) is 8.15. The molecule has 4 nitrogen and oxygen atoms in total. The van der Waals surface area contributed by atoms with Crippen LogP contribution in [0.2, 0.25) is 0 Å². The van der Waals surface area contributed by atoms with E-state index in [1.807, 2.05) is 0 Å². The lowest BCUT2D eigenvalue weighted by Gasteiger charge is -2.00. The molecular weight excluding hydrogens is 134 g/mol. The summed E-state index contributed by atoms with van der Waals surface area (Å²) in [4.78, 5) is 20.5. The topological polar surface area (TPSA) is 80.4 Å². The average molecular weight is 143 g/mol. The summed E-state index contributed by atoms with van der Waals surface area (Å²) in [5.74, 6) is -1.52. The fourth-order valence-corrected chi connectivity index (χ4v) is 0.387. The van der Waals surface area contributed by atoms with Crippen molar-refractivity contribution in [2.45, 2.75) is 12.5 Å². The molecule has 0 aliphatic rings. The number of hydrogen-bond acceptors (Lipinski definition) is 3. The minimum Gasteiger partial charge on any atom is -0.480 e. The van der Waals surface area contributed by atoms with E-state index in [1.54, 1.807) is 0 Å². The van der Waals surface area contributed by atoms with Crippen LogP contribution in [0.25, 0.3) is 0 Å². The number of rotatable bonds is 4. The van der Waals surface area contributed by atoms with Crippen LogP contribution in [-0.2, 0) is 9.59 Å². The molecule has 0 radical (unpaired) electrons. The SMILES string of the molecule is C=CC(=O)CC(N)C(=O)O. The van der Waals surface area contributed by atoms with E-state index in [2.05, 4.69) is 6.58 Å². The van der Waals surface area contributed by atoms with Gasteiger partial charge in [-0.3, -0.25) is 9.59 Å². The number of carbonyl (C=O) groups is 2. The van der Waals surface area contributed by atoms with Crippen molar-refractivity contribution in [2.75, 3.05) is 0 Å². The summed E-state index contributed by atoms with van der Waals surface area (Å²) >= 11 is 0. The van der Waals surface area contributed by atoms with Gasteiger partial charge in [-0.1, -0.05) is 6.58 Å². The van der Waals surface area contributed by atoms with Crippen molar-refractivity contribution >= 4 is 11.8 Å². The Hall–Kier alpha value is -1.16. The minimum atomic E-state index is -1.17. The minimum absolute atomic E-state index is 0.182. The molecule has 0 aliphatic carbocycles. The number of carboxylic acid groups (broad SMARTS) is 1. The maximum absolute atomic E-state index is 10.5. The summed E-state index contributed by atoms with van der Waals surface area (Å²) in [6, 6.07) is -1.11. The van der Waals surface area contributed by atoms with E-state index >= 15 is 0 Å². The van der Waals surface area contributed by atoms with Crippen LogP contribution in [0, 0.1) is 0 Å². The first-order valence-corrected chi connectivity index (χ1v) is 2.71. The van der Waals surface area contributed by atoms with Crippen LogP contribution in [0.15, 0.2) is 12.7 Å². The molecular formula is C6H9NO3. The van der Waals surface area contributed by atoms with Gasteiger partial charge in [-0.15, -0.1) is 0 Å². The summed E-state index contributed by atoms with van der Waals surface area (Å²) < 4.78 is 0. The van der Waals surface area contributed by atoms with E-state index in [-0.39, 0.29) is 12.2 Å². The van der Waals surface area contributed by atoms with Gasteiger partial charge in [0.25, 0.3) is 0 Å². The van der Waals surface area contributed by atoms with Crippen LogP contribution in [0.5, 0.6) is 0 Å². The second kappa shape index (κ2) is 3.79. The van der Waals surface area contributed by atoms with Gasteiger partial charge in [-0.05, 0) is 6.08 Å². The van der Waals surface area contributed by atoms with Crippen LogP contribution >= 0.6 is 0 Å². The summed E-state index contributed by atoms with van der Waals surface area (Å²) in [6.07, 6.45) is 0.877. The molecule has 0 spiro atoms. The molecule has 0 heterocycles. The van der Waals surface area contributed by atoms with Crippen molar-refractivity contribution in [3.05, 3.63) is 12.7 Å². The molecule has 0 aromatic carbocycles. The van der Waals surface area contributed by atoms with E-state index in [0.717, 1.165) is 6.08 Å². The molecule has 0 bridgehead atoms. The highest BCUT2D eigenvalue weighted by Crippen LogP contribution is 1.90. The molecule has 0 aromatic heterocycles. The third-order valence-electron chi connectivity index (χ3n) is 0.966. The molecule has 0 saturated carbocycles. The summed E-state index contributed by atoms with van der Waals surface area (Å²) in [5.41, 5.74) is 5.02. The normalized spacial score (nSPS) is 12.1. The maximum Gasteiger partial charge on any atom is 0.320 e. The Labute approximate surface area is 58.3 Å². The highest BCUT2D eigenvalue weighted by molar-refractivity contribution is 5.92. The number of carbonyl (C=O) groups excluding carboxylic acids is 1. The molecule has 56 valence electrons. The third kappa shape index (κ3) is 2.99. The Kier molecular flexibility index (Phi) is 3.35. The Morgan fingerprint density at radius 2 is 2.20 bits per heavy atom. The van der Waals surface area contributed by atoms with Crippen molar-refractivity contribution < 1.29 is 14.7 Å². The Morgan fingerprint density at radius 1 is 1.70 bits per heavy atom. The van der Waals surface area contributed by atoms with Gasteiger partial charge in [0.05, 0.1) is 0 Å². The molecule has 1 atom stereocenters. The van der Waals surface area contributed by atoms with E-state index in [0.29, 0.717) is 0 Å². The summed E-state index contributed by atoms with van der Waals surface area (Å²) in [5, 5.41) is 8.21. The number of allylic oxidation sites excluding steroid dienone is 1. The van der Waals surface area contributed by atoms with Crippen LogP contribution in [0.1, 0.15) is 6.42 Å². The van der Waals surface area contributed by atoms with Crippen molar-refractivity contribution in [2.24, 2.45) is 5.73 Å². The monoisotopic (exact) mass is 143 g/mol. The zero-order valence-corrected chi connectivity index (χ0v) is 5.41. The van der Waals surface area contributed by atoms with Gasteiger partial charge in [-0.2, -0.15) is 0 Å². The molecule has 10 heavy (non-hydrogen) atoms. The first-order chi connectivity index (χ1) is 4.57. The predicted octanol–water partition coefficient (Wildman–Crippen LogP) is -0.457. The van der Waals surface area contributed by atoms with Crippen molar-refractivity contribution in [1.29, 1.82) is 0 Å². The highest BCUT2D eigenvalue weighted by Gasteiger charge is 2.13. The fourth-order valence-electron chi connectivity index (χ4n) is 0.387. The van der Waals surface area contributed by atoms with Crippen molar-refractivity contribution in [3.63, 3.8) is 0 Å². The van der Waals surface area contributed by atoms with Gasteiger partial charge >= 0.3 is 5.97 Å². The lowest BCUT2D eigenvalue weighted by molar-refractivity contribution is -0.139. The predicted molar refractivity (Wildman–Crippen MR) is 35.4 cm³/mol. The van der Waals surface area contributed by atoms with Crippen molar-refractivity contribution in [1.82, 2.24) is 0 Å². The summed E-state index contributed by atoms with van der Waals surface area (Å²) in [6.45, 7) is 3.17. The van der Waals surface area contributed by atoms with Gasteiger partial charge in [0.2, 0.25) is 0 Å². The van der Waals surface area contributed by atoms with Gasteiger partial charge in [0, 0.05) is 6.42 Å². The van der Waals surface area contributed by atoms with E-state index in [9.17, 15) is 9.59 Å². The van der Waals surface area contributed by atoms with Crippen LogP contribution < -0.4 is 5.73 Å². The van der Waals surface area contributed by atoms with Gasteiger partial charge < -0.3 is 10.8 Å². The number of ketones is 1. The average Bonchev–Trinajstić information content (AvgIpc) is 1.87. The molecule has 3 N–H and O–H groups in total. The lowest BCUT2D eigenvalue weighted by atomic mass is 10.1. The quantitative estimate of drug-likeness (QED) is 0.522. The maximum atomic E-state index is 10.5. The Balaban J connectivity index is 3.79. The fraction of sp³-hybridized carbons (Fsp3) is 0.333. The third-order valence-corrected chi connectivity index (χ3v) is 0.966. The second-order valence-electron chi connectivity index (χ2n) is 1.82. The second-order valence-corrected chi connectivity index (χ2v) is 1.82. The molecule has 4 heteroatoms. The van der Waals surface area contributed by atoms with Crippen LogP contribution in [0.3, 0.4) is 0 Å². The van der Waals surface area contributed by atoms with Gasteiger partial charge in [0.15, 0.2) is 5.78 Å². The number of aliphatic carboxylic acids is 1. The first-order valence-electron chi connectivity index (χ1n) is 2.71. The smallest absolute Gasteiger partial charge is 0.320 e. The molecule has 1 unspecified atom stereocenters. The van der Waals surface area contributed by atoms with E-state index < -0.39 is 12.0 Å². The standard InChI is InChI=1S/C6H9NO3/c1-2-4(8)3-5(7)6(9)10/h2,5H,1,3,7H2,(H,9,10). The van der Waals surface area contributed by atoms with Gasteiger partial charge in [0.1, 0.15) is 6.04 Å². The molecule has 0 fully saturated rings. The van der Waals surface area contributed by atoms with Crippen LogP contribution in [0.4, 0.5) is 0 Å².